The SMILES string of the molecule is CC(F)(F)CNC(=S)NNC(=O)c1cc(NC(=O)C2C(c3cc(Cl)cc(I)c3)C2(Cl)Cl)ccc1Cl. The molecule has 1 saturated carbocycles. The normalized spacial score (nSPS) is 18.4. The summed E-state index contributed by atoms with van der Waals surface area (Å²) in [4.78, 5) is 25.4. The summed E-state index contributed by atoms with van der Waals surface area (Å²) >= 11 is 32.0. The number of carbonyl (C=O) groups excluding carboxylic acids is 2. The van der Waals surface area contributed by atoms with Crippen molar-refractivity contribution in [1.82, 2.24) is 16.2 Å². The molecule has 0 heterocycles. The van der Waals surface area contributed by atoms with E-state index in [0.29, 0.717) is 5.02 Å². The van der Waals surface area contributed by atoms with Gasteiger partial charge in [0.25, 0.3) is 11.8 Å². The zero-order valence-electron chi connectivity index (χ0n) is 17.7. The van der Waals surface area contributed by atoms with Crippen LogP contribution in [-0.2, 0) is 4.79 Å². The van der Waals surface area contributed by atoms with Crippen molar-refractivity contribution in [3.05, 3.63) is 61.1 Å². The van der Waals surface area contributed by atoms with E-state index in [9.17, 15) is 18.4 Å². The van der Waals surface area contributed by atoms with Crippen LogP contribution in [0.5, 0.6) is 0 Å². The Morgan fingerprint density at radius 1 is 1.14 bits per heavy atom. The fourth-order valence-corrected chi connectivity index (χ4v) is 5.56. The molecule has 0 radical (unpaired) electrons. The van der Waals surface area contributed by atoms with Crippen LogP contribution in [0.1, 0.15) is 28.8 Å². The standard InChI is InChI=1S/C21H17Cl4F2IN4O2S/c1-20(26,27)8-29-19(35)32-31-17(33)13-7-12(2-3-14(13)23)30-18(34)16-15(21(16,24)25)9-4-10(22)6-11(28)5-9/h2-7,15-16H,8H2,1H3,(H,30,34)(H,31,33)(H2,29,32,35). The first-order chi connectivity index (χ1) is 16.2. The molecule has 14 heteroatoms. The van der Waals surface area contributed by atoms with E-state index in [0.717, 1.165) is 16.1 Å². The van der Waals surface area contributed by atoms with Crippen molar-refractivity contribution in [2.45, 2.75) is 23.1 Å². The maximum atomic E-state index is 12.9. The minimum absolute atomic E-state index is 0.000315. The van der Waals surface area contributed by atoms with Crippen LogP contribution in [-0.4, -0.2) is 33.7 Å². The lowest BCUT2D eigenvalue weighted by Crippen LogP contribution is -2.49. The number of hydrogen-bond donors (Lipinski definition) is 4. The fraction of sp³-hybridized carbons (Fsp3) is 0.286. The van der Waals surface area contributed by atoms with E-state index in [1.54, 1.807) is 12.1 Å². The molecule has 3 rings (SSSR count). The number of anilines is 1. The molecular weight excluding hydrogens is 679 g/mol. The molecule has 0 bridgehead atoms. The molecule has 6 nitrogen and oxygen atoms in total. The Morgan fingerprint density at radius 3 is 2.46 bits per heavy atom. The highest BCUT2D eigenvalue weighted by Gasteiger charge is 2.67. The molecule has 0 spiro atoms. The molecular formula is C21H17Cl4F2IN4O2S. The Bertz CT molecular complexity index is 1160. The van der Waals surface area contributed by atoms with Crippen molar-refractivity contribution < 1.29 is 18.4 Å². The van der Waals surface area contributed by atoms with Gasteiger partial charge in [0, 0.05) is 27.1 Å². The third kappa shape index (κ3) is 7.42. The minimum atomic E-state index is -2.99. The maximum absolute atomic E-state index is 12.9. The van der Waals surface area contributed by atoms with Crippen molar-refractivity contribution in [2.75, 3.05) is 11.9 Å². The molecule has 4 N–H and O–H groups in total. The summed E-state index contributed by atoms with van der Waals surface area (Å²) < 4.78 is 25.4. The number of hydrazine groups is 1. The van der Waals surface area contributed by atoms with Crippen molar-refractivity contribution >= 4 is 104 Å². The van der Waals surface area contributed by atoms with Crippen LogP contribution in [0.4, 0.5) is 14.5 Å². The van der Waals surface area contributed by atoms with E-state index < -0.39 is 40.5 Å². The summed E-state index contributed by atoms with van der Waals surface area (Å²) in [6.07, 6.45) is 0. The summed E-state index contributed by atoms with van der Waals surface area (Å²) in [7, 11) is 0. The summed E-state index contributed by atoms with van der Waals surface area (Å²) in [5, 5.41) is 5.33. The fourth-order valence-electron chi connectivity index (χ4n) is 3.28. The number of hydrogen-bond acceptors (Lipinski definition) is 3. The highest BCUT2D eigenvalue weighted by molar-refractivity contribution is 14.1. The molecule has 35 heavy (non-hydrogen) atoms. The number of benzene rings is 2. The van der Waals surface area contributed by atoms with Crippen molar-refractivity contribution in [3.8, 4) is 0 Å². The third-order valence-corrected chi connectivity index (χ3v) is 7.26. The Morgan fingerprint density at radius 2 is 1.83 bits per heavy atom. The summed E-state index contributed by atoms with van der Waals surface area (Å²) in [5.74, 6) is -5.37. The van der Waals surface area contributed by atoms with Crippen LogP contribution in [0.25, 0.3) is 0 Å². The lowest BCUT2D eigenvalue weighted by atomic mass is 10.1. The highest BCUT2D eigenvalue weighted by atomic mass is 127. The first kappa shape index (κ1) is 28.4. The van der Waals surface area contributed by atoms with Gasteiger partial charge >= 0.3 is 0 Å². The number of carbonyl (C=O) groups is 2. The number of thiocarbonyl (C=S) groups is 1. The van der Waals surface area contributed by atoms with Crippen LogP contribution >= 0.6 is 81.2 Å². The number of halogens is 7. The predicted octanol–water partition coefficient (Wildman–Crippen LogP) is 5.89. The van der Waals surface area contributed by atoms with Crippen molar-refractivity contribution in [1.29, 1.82) is 0 Å². The zero-order chi connectivity index (χ0) is 26.1. The Kier molecular flexibility index (Phi) is 8.97. The van der Waals surface area contributed by atoms with Crippen LogP contribution in [0.2, 0.25) is 10.0 Å². The van der Waals surface area contributed by atoms with E-state index >= 15 is 0 Å². The zero-order valence-corrected chi connectivity index (χ0v) is 23.7. The second-order valence-electron chi connectivity index (χ2n) is 7.85. The van der Waals surface area contributed by atoms with Crippen molar-refractivity contribution in [3.63, 3.8) is 0 Å². The molecule has 1 aliphatic carbocycles. The Hall–Kier alpha value is -1.18. The molecule has 2 unspecified atom stereocenters. The number of nitrogens with one attached hydrogen (secondary N) is 4. The summed E-state index contributed by atoms with van der Waals surface area (Å²) in [6, 6.07) is 9.59. The summed E-state index contributed by atoms with van der Waals surface area (Å²) in [6.45, 7) is 0.00883. The van der Waals surface area contributed by atoms with Gasteiger partial charge in [0.05, 0.1) is 23.0 Å². The molecule has 2 atom stereocenters. The molecule has 0 saturated heterocycles. The molecule has 2 aromatic rings. The quantitative estimate of drug-likeness (QED) is 0.131. The van der Waals surface area contributed by atoms with E-state index in [4.69, 9.17) is 58.6 Å². The van der Waals surface area contributed by atoms with E-state index in [1.807, 2.05) is 6.07 Å². The minimum Gasteiger partial charge on any atom is -0.355 e. The number of alkyl halides is 4. The van der Waals surface area contributed by atoms with Crippen LogP contribution in [0.15, 0.2) is 36.4 Å². The van der Waals surface area contributed by atoms with Gasteiger partial charge in [0.2, 0.25) is 5.91 Å². The first-order valence-electron chi connectivity index (χ1n) is 9.85. The van der Waals surface area contributed by atoms with Gasteiger partial charge in [-0.25, -0.2) is 8.78 Å². The molecule has 1 fully saturated rings. The Balaban J connectivity index is 1.66. The third-order valence-electron chi connectivity index (χ3n) is 4.91. The lowest BCUT2D eigenvalue weighted by molar-refractivity contribution is -0.117. The van der Waals surface area contributed by atoms with Gasteiger partial charge in [-0.3, -0.25) is 20.4 Å². The monoisotopic (exact) mass is 694 g/mol. The lowest BCUT2D eigenvalue weighted by Gasteiger charge is -2.15. The number of rotatable bonds is 6. The molecule has 1 aliphatic rings. The van der Waals surface area contributed by atoms with Gasteiger partial charge in [0.15, 0.2) is 5.11 Å². The largest absolute Gasteiger partial charge is 0.355 e. The average Bonchev–Trinajstić information content (AvgIpc) is 3.32. The van der Waals surface area contributed by atoms with E-state index in [2.05, 4.69) is 44.1 Å². The predicted molar refractivity (Wildman–Crippen MR) is 147 cm³/mol. The smallest absolute Gasteiger partial charge is 0.271 e. The Labute approximate surface area is 238 Å². The van der Waals surface area contributed by atoms with Gasteiger partial charge in [-0.15, -0.1) is 23.2 Å². The van der Waals surface area contributed by atoms with Gasteiger partial charge in [-0.2, -0.15) is 0 Å². The van der Waals surface area contributed by atoms with Gasteiger partial charge in [-0.05, 0) is 76.8 Å². The molecule has 2 amide bonds. The van der Waals surface area contributed by atoms with Gasteiger partial charge in [-0.1, -0.05) is 23.2 Å². The topological polar surface area (TPSA) is 82.3 Å². The molecule has 0 aliphatic heterocycles. The summed E-state index contributed by atoms with van der Waals surface area (Å²) in [5.41, 5.74) is 5.57. The second-order valence-corrected chi connectivity index (χ2v) is 11.8. The van der Waals surface area contributed by atoms with Crippen molar-refractivity contribution in [2.24, 2.45) is 5.92 Å². The van der Waals surface area contributed by atoms with Crippen LogP contribution in [0, 0.1) is 9.49 Å². The van der Waals surface area contributed by atoms with Gasteiger partial charge in [0.1, 0.15) is 4.33 Å². The van der Waals surface area contributed by atoms with E-state index in [1.165, 1.54) is 18.2 Å². The highest BCUT2D eigenvalue weighted by Crippen LogP contribution is 2.65. The van der Waals surface area contributed by atoms with Crippen LogP contribution in [0.3, 0.4) is 0 Å². The van der Waals surface area contributed by atoms with E-state index in [-0.39, 0.29) is 21.4 Å². The van der Waals surface area contributed by atoms with Crippen LogP contribution < -0.4 is 21.5 Å². The maximum Gasteiger partial charge on any atom is 0.271 e. The second kappa shape index (κ2) is 11.1. The van der Waals surface area contributed by atoms with Gasteiger partial charge < -0.3 is 10.6 Å². The average molecular weight is 696 g/mol. The molecule has 2 aromatic carbocycles. The molecule has 188 valence electrons. The number of amides is 2. The molecule has 0 aromatic heterocycles. The first-order valence-corrected chi connectivity index (χ1v) is 12.8.